The van der Waals surface area contributed by atoms with Gasteiger partial charge in [0.1, 0.15) is 6.04 Å². The molecule has 104 valence electrons. The first-order valence-corrected chi connectivity index (χ1v) is 5.82. The number of nitrogens with two attached hydrogens (primary N) is 1. The van der Waals surface area contributed by atoms with E-state index in [0.29, 0.717) is 13.1 Å². The molecular weight excluding hydrogens is 259 g/mol. The summed E-state index contributed by atoms with van der Waals surface area (Å²) in [6.07, 6.45) is -4.50. The molecule has 0 saturated carbocycles. The van der Waals surface area contributed by atoms with Gasteiger partial charge in [0.05, 0.1) is 5.56 Å². The number of anilines is 2. The molecule has 7 heteroatoms. The van der Waals surface area contributed by atoms with E-state index in [1.165, 1.54) is 17.0 Å². The average molecular weight is 273 g/mol. The van der Waals surface area contributed by atoms with Gasteiger partial charge >= 0.3 is 6.18 Å². The second kappa shape index (κ2) is 4.64. The van der Waals surface area contributed by atoms with E-state index in [1.807, 2.05) is 0 Å². The summed E-state index contributed by atoms with van der Waals surface area (Å²) in [6.45, 7) is 2.23. The van der Waals surface area contributed by atoms with Crippen molar-refractivity contribution in [3.63, 3.8) is 0 Å². The zero-order valence-corrected chi connectivity index (χ0v) is 10.3. The summed E-state index contributed by atoms with van der Waals surface area (Å²) in [5, 5.41) is 2.61. The molecule has 0 bridgehead atoms. The fourth-order valence-corrected chi connectivity index (χ4v) is 2.14. The Morgan fingerprint density at radius 3 is 2.74 bits per heavy atom. The second-order valence-electron chi connectivity index (χ2n) is 4.43. The van der Waals surface area contributed by atoms with E-state index < -0.39 is 17.8 Å². The number of hydrogen-bond donors (Lipinski definition) is 2. The molecule has 4 nitrogen and oxygen atoms in total. The Morgan fingerprint density at radius 2 is 2.11 bits per heavy atom. The van der Waals surface area contributed by atoms with Gasteiger partial charge in [-0.3, -0.25) is 4.79 Å². The lowest BCUT2D eigenvalue weighted by Crippen LogP contribution is -2.54. The number of hydrogen-bond acceptors (Lipinski definition) is 3. The molecule has 1 amide bonds. The van der Waals surface area contributed by atoms with Gasteiger partial charge in [-0.05, 0) is 25.1 Å². The first kappa shape index (κ1) is 13.5. The van der Waals surface area contributed by atoms with Crippen molar-refractivity contribution in [2.75, 3.05) is 23.7 Å². The number of carbonyl (C=O) groups excluding carboxylic acids is 1. The molecule has 1 saturated heterocycles. The van der Waals surface area contributed by atoms with Gasteiger partial charge < -0.3 is 16.0 Å². The van der Waals surface area contributed by atoms with Crippen LogP contribution >= 0.6 is 0 Å². The third kappa shape index (κ3) is 2.59. The lowest BCUT2D eigenvalue weighted by atomic mass is 10.1. The largest absolute Gasteiger partial charge is 0.418 e. The van der Waals surface area contributed by atoms with Crippen LogP contribution in [0.15, 0.2) is 18.2 Å². The molecule has 1 aliphatic heterocycles. The summed E-state index contributed by atoms with van der Waals surface area (Å²) in [5.41, 5.74) is 4.64. The van der Waals surface area contributed by atoms with Crippen LogP contribution in [0.4, 0.5) is 24.5 Å². The highest BCUT2D eigenvalue weighted by atomic mass is 19.4. The number of amides is 1. The van der Waals surface area contributed by atoms with Gasteiger partial charge in [-0.15, -0.1) is 0 Å². The van der Waals surface area contributed by atoms with E-state index in [4.69, 9.17) is 5.73 Å². The summed E-state index contributed by atoms with van der Waals surface area (Å²) in [7, 11) is 0. The highest BCUT2D eigenvalue weighted by Crippen LogP contribution is 2.38. The molecule has 1 atom stereocenters. The number of nitrogens with zero attached hydrogens (tertiary/aromatic N) is 1. The molecule has 1 aromatic carbocycles. The molecule has 0 spiro atoms. The number of nitrogen functional groups attached to an aromatic ring is 1. The molecule has 3 N–H and O–H groups in total. The first-order valence-electron chi connectivity index (χ1n) is 5.82. The van der Waals surface area contributed by atoms with Crippen molar-refractivity contribution in [2.45, 2.75) is 19.1 Å². The standard InChI is InChI=1S/C12H14F3N3O/c1-7-11(19)17-4-5-18(7)10-3-2-8(16)6-9(10)12(13,14)15/h2-3,6-7H,4-5,16H2,1H3,(H,17,19). The van der Waals surface area contributed by atoms with Crippen LogP contribution in [0.25, 0.3) is 0 Å². The van der Waals surface area contributed by atoms with Crippen molar-refractivity contribution in [3.05, 3.63) is 23.8 Å². The van der Waals surface area contributed by atoms with Crippen LogP contribution in [0.2, 0.25) is 0 Å². The number of piperazine rings is 1. The van der Waals surface area contributed by atoms with Gasteiger partial charge in [-0.25, -0.2) is 0 Å². The van der Waals surface area contributed by atoms with Crippen LogP contribution < -0.4 is 16.0 Å². The van der Waals surface area contributed by atoms with Crippen LogP contribution in [0, 0.1) is 0 Å². The summed E-state index contributed by atoms with van der Waals surface area (Å²) < 4.78 is 39.1. The van der Waals surface area contributed by atoms with Crippen LogP contribution in [0.5, 0.6) is 0 Å². The normalized spacial score (nSPS) is 20.3. The molecule has 0 aliphatic carbocycles. The highest BCUT2D eigenvalue weighted by Gasteiger charge is 2.37. The number of rotatable bonds is 1. The topological polar surface area (TPSA) is 58.4 Å². The maximum absolute atomic E-state index is 13.0. The molecule has 0 aromatic heterocycles. The van der Waals surface area contributed by atoms with Gasteiger partial charge in [0.25, 0.3) is 0 Å². The minimum Gasteiger partial charge on any atom is -0.399 e. The Morgan fingerprint density at radius 1 is 1.42 bits per heavy atom. The summed E-state index contributed by atoms with van der Waals surface area (Å²) in [6, 6.07) is 2.98. The Balaban J connectivity index is 2.47. The van der Waals surface area contributed by atoms with Crippen molar-refractivity contribution in [1.29, 1.82) is 0 Å². The van der Waals surface area contributed by atoms with E-state index in [9.17, 15) is 18.0 Å². The van der Waals surface area contributed by atoms with Crippen molar-refractivity contribution in [1.82, 2.24) is 5.32 Å². The molecule has 1 aromatic rings. The minimum absolute atomic E-state index is 0.0101. The summed E-state index contributed by atoms with van der Waals surface area (Å²) in [5.74, 6) is -0.281. The molecule has 1 unspecified atom stereocenters. The predicted molar refractivity (Wildman–Crippen MR) is 65.7 cm³/mol. The lowest BCUT2D eigenvalue weighted by Gasteiger charge is -2.36. The minimum atomic E-state index is -4.50. The molecule has 2 rings (SSSR count). The fourth-order valence-electron chi connectivity index (χ4n) is 2.14. The third-order valence-electron chi connectivity index (χ3n) is 3.13. The Bertz CT molecular complexity index is 501. The number of nitrogens with one attached hydrogen (secondary N) is 1. The first-order chi connectivity index (χ1) is 8.80. The number of benzene rings is 1. The van der Waals surface area contributed by atoms with E-state index in [0.717, 1.165) is 6.07 Å². The average Bonchev–Trinajstić information content (AvgIpc) is 2.32. The van der Waals surface area contributed by atoms with Gasteiger partial charge in [-0.2, -0.15) is 13.2 Å². The quantitative estimate of drug-likeness (QED) is 0.764. The zero-order valence-electron chi connectivity index (χ0n) is 10.3. The smallest absolute Gasteiger partial charge is 0.399 e. The van der Waals surface area contributed by atoms with Crippen LogP contribution in [0.3, 0.4) is 0 Å². The number of halogens is 3. The summed E-state index contributed by atoms with van der Waals surface area (Å²) in [4.78, 5) is 13.0. The summed E-state index contributed by atoms with van der Waals surface area (Å²) >= 11 is 0. The van der Waals surface area contributed by atoms with E-state index in [2.05, 4.69) is 5.32 Å². The van der Waals surface area contributed by atoms with Crippen molar-refractivity contribution in [2.24, 2.45) is 0 Å². The molecule has 1 heterocycles. The maximum Gasteiger partial charge on any atom is 0.418 e. The molecular formula is C12H14F3N3O. The second-order valence-corrected chi connectivity index (χ2v) is 4.43. The van der Waals surface area contributed by atoms with E-state index in [-0.39, 0.29) is 17.3 Å². The van der Waals surface area contributed by atoms with Gasteiger partial charge in [0.2, 0.25) is 5.91 Å². The third-order valence-corrected chi connectivity index (χ3v) is 3.13. The highest BCUT2D eigenvalue weighted by molar-refractivity contribution is 5.86. The van der Waals surface area contributed by atoms with Crippen molar-refractivity contribution < 1.29 is 18.0 Å². The van der Waals surface area contributed by atoms with Crippen molar-refractivity contribution >= 4 is 17.3 Å². The fraction of sp³-hybridized carbons (Fsp3) is 0.417. The number of carbonyl (C=O) groups is 1. The molecule has 1 fully saturated rings. The van der Waals surface area contributed by atoms with Crippen LogP contribution in [-0.4, -0.2) is 25.0 Å². The lowest BCUT2D eigenvalue weighted by molar-refractivity contribution is -0.137. The van der Waals surface area contributed by atoms with Gasteiger partial charge in [0, 0.05) is 24.5 Å². The van der Waals surface area contributed by atoms with E-state index in [1.54, 1.807) is 6.92 Å². The molecule has 19 heavy (non-hydrogen) atoms. The van der Waals surface area contributed by atoms with Gasteiger partial charge in [-0.1, -0.05) is 0 Å². The van der Waals surface area contributed by atoms with Crippen LogP contribution in [0.1, 0.15) is 12.5 Å². The monoisotopic (exact) mass is 273 g/mol. The molecule has 1 aliphatic rings. The Hall–Kier alpha value is -1.92. The molecule has 0 radical (unpaired) electrons. The maximum atomic E-state index is 13.0. The van der Waals surface area contributed by atoms with Crippen LogP contribution in [-0.2, 0) is 11.0 Å². The van der Waals surface area contributed by atoms with E-state index >= 15 is 0 Å². The van der Waals surface area contributed by atoms with Gasteiger partial charge in [0.15, 0.2) is 0 Å². The SMILES string of the molecule is CC1C(=O)NCCN1c1ccc(N)cc1C(F)(F)F. The number of alkyl halides is 3. The Labute approximate surface area is 108 Å². The Kier molecular flexibility index (Phi) is 3.30. The van der Waals surface area contributed by atoms with Crippen molar-refractivity contribution in [3.8, 4) is 0 Å². The predicted octanol–water partition coefficient (Wildman–Crippen LogP) is 1.61. The zero-order chi connectivity index (χ0) is 14.2.